The molecule has 0 aliphatic rings. The molecule has 6 heteroatoms. The van der Waals surface area contributed by atoms with Crippen LogP contribution in [0.3, 0.4) is 0 Å². The van der Waals surface area contributed by atoms with Crippen molar-refractivity contribution in [3.05, 3.63) is 68.9 Å². The van der Waals surface area contributed by atoms with Gasteiger partial charge in [0.2, 0.25) is 0 Å². The quantitative estimate of drug-likeness (QED) is 0.757. The zero-order chi connectivity index (χ0) is 16.1. The fourth-order valence-electron chi connectivity index (χ4n) is 2.12. The SMILES string of the molecule is Cc1cc(C)c(CNC(=S)NCc2ccc(F)cc2)c(=O)[nH]1. The predicted molar refractivity (Wildman–Crippen MR) is 89.2 cm³/mol. The van der Waals surface area contributed by atoms with Gasteiger partial charge in [0.1, 0.15) is 5.82 Å². The van der Waals surface area contributed by atoms with E-state index in [1.807, 2.05) is 19.9 Å². The Labute approximate surface area is 133 Å². The average Bonchev–Trinajstić information content (AvgIpc) is 2.45. The van der Waals surface area contributed by atoms with Gasteiger partial charge < -0.3 is 15.6 Å². The highest BCUT2D eigenvalue weighted by Crippen LogP contribution is 2.04. The van der Waals surface area contributed by atoms with Gasteiger partial charge in [0.15, 0.2) is 5.11 Å². The number of H-pyrrole nitrogens is 1. The smallest absolute Gasteiger partial charge is 0.253 e. The van der Waals surface area contributed by atoms with Crippen LogP contribution in [0.15, 0.2) is 35.1 Å². The second-order valence-corrected chi connectivity index (χ2v) is 5.51. The predicted octanol–water partition coefficient (Wildman–Crippen LogP) is 2.30. The maximum Gasteiger partial charge on any atom is 0.253 e. The van der Waals surface area contributed by atoms with E-state index in [1.165, 1.54) is 12.1 Å². The summed E-state index contributed by atoms with van der Waals surface area (Å²) in [7, 11) is 0. The maximum atomic E-state index is 12.8. The molecule has 0 aliphatic carbocycles. The van der Waals surface area contributed by atoms with E-state index in [4.69, 9.17) is 12.2 Å². The van der Waals surface area contributed by atoms with E-state index < -0.39 is 0 Å². The number of thiocarbonyl (C=S) groups is 1. The lowest BCUT2D eigenvalue weighted by molar-refractivity contribution is 0.626. The summed E-state index contributed by atoms with van der Waals surface area (Å²) in [5.74, 6) is -0.265. The molecule has 0 bridgehead atoms. The van der Waals surface area contributed by atoms with Gasteiger partial charge in [-0.3, -0.25) is 4.79 Å². The van der Waals surface area contributed by atoms with Crippen LogP contribution in [0.2, 0.25) is 0 Å². The minimum Gasteiger partial charge on any atom is -0.359 e. The first-order valence-corrected chi connectivity index (χ1v) is 7.32. The van der Waals surface area contributed by atoms with Gasteiger partial charge in [0.05, 0.1) is 0 Å². The molecule has 0 aliphatic heterocycles. The molecule has 2 rings (SSSR count). The third-order valence-electron chi connectivity index (χ3n) is 3.29. The molecule has 1 aromatic carbocycles. The van der Waals surface area contributed by atoms with Crippen LogP contribution in [0.25, 0.3) is 0 Å². The van der Waals surface area contributed by atoms with Crippen molar-refractivity contribution < 1.29 is 4.39 Å². The summed E-state index contributed by atoms with van der Waals surface area (Å²) in [5, 5.41) is 6.48. The highest BCUT2D eigenvalue weighted by molar-refractivity contribution is 7.80. The number of hydrogen-bond acceptors (Lipinski definition) is 2. The van der Waals surface area contributed by atoms with Crippen molar-refractivity contribution in [2.75, 3.05) is 0 Å². The molecule has 0 unspecified atom stereocenters. The normalized spacial score (nSPS) is 10.3. The Morgan fingerprint density at radius 3 is 2.45 bits per heavy atom. The molecule has 2 aromatic rings. The van der Waals surface area contributed by atoms with Crippen LogP contribution in [0, 0.1) is 19.7 Å². The van der Waals surface area contributed by atoms with Gasteiger partial charge in [-0.2, -0.15) is 0 Å². The molecule has 1 heterocycles. The van der Waals surface area contributed by atoms with E-state index in [9.17, 15) is 9.18 Å². The molecule has 1 aromatic heterocycles. The van der Waals surface area contributed by atoms with E-state index in [0.717, 1.165) is 16.8 Å². The molecular weight excluding hydrogens is 301 g/mol. The van der Waals surface area contributed by atoms with Crippen molar-refractivity contribution in [3.8, 4) is 0 Å². The average molecular weight is 319 g/mol. The number of aryl methyl sites for hydroxylation is 2. The molecule has 0 amide bonds. The largest absolute Gasteiger partial charge is 0.359 e. The van der Waals surface area contributed by atoms with Crippen LogP contribution in [-0.2, 0) is 13.1 Å². The number of halogens is 1. The molecule has 116 valence electrons. The number of pyridine rings is 1. The number of hydrogen-bond donors (Lipinski definition) is 3. The van der Waals surface area contributed by atoms with E-state index in [-0.39, 0.29) is 11.4 Å². The van der Waals surface area contributed by atoms with Gasteiger partial charge in [-0.05, 0) is 55.4 Å². The molecule has 0 atom stereocenters. The van der Waals surface area contributed by atoms with Crippen molar-refractivity contribution in [2.24, 2.45) is 0 Å². The molecular formula is C16H18FN3OS. The van der Waals surface area contributed by atoms with Gasteiger partial charge in [-0.25, -0.2) is 4.39 Å². The van der Waals surface area contributed by atoms with Gasteiger partial charge in [-0.15, -0.1) is 0 Å². The summed E-state index contributed by atoms with van der Waals surface area (Å²) in [5.41, 5.74) is 3.25. The lowest BCUT2D eigenvalue weighted by Gasteiger charge is -2.12. The van der Waals surface area contributed by atoms with Gasteiger partial charge >= 0.3 is 0 Å². The van der Waals surface area contributed by atoms with Crippen LogP contribution in [0.5, 0.6) is 0 Å². The monoisotopic (exact) mass is 319 g/mol. The van der Waals surface area contributed by atoms with E-state index >= 15 is 0 Å². The van der Waals surface area contributed by atoms with Gasteiger partial charge in [0, 0.05) is 24.3 Å². The van der Waals surface area contributed by atoms with E-state index in [2.05, 4.69) is 15.6 Å². The maximum absolute atomic E-state index is 12.8. The topological polar surface area (TPSA) is 56.9 Å². The highest BCUT2D eigenvalue weighted by Gasteiger charge is 2.05. The van der Waals surface area contributed by atoms with Crippen molar-refractivity contribution in [1.29, 1.82) is 0 Å². The Bertz CT molecular complexity index is 725. The summed E-state index contributed by atoms with van der Waals surface area (Å²) in [6, 6.07) is 8.12. The van der Waals surface area contributed by atoms with Crippen LogP contribution in [-0.4, -0.2) is 10.1 Å². The summed E-state index contributed by atoms with van der Waals surface area (Å²) in [6.45, 7) is 4.60. The highest BCUT2D eigenvalue weighted by atomic mass is 32.1. The molecule has 3 N–H and O–H groups in total. The van der Waals surface area contributed by atoms with Crippen molar-refractivity contribution in [1.82, 2.24) is 15.6 Å². The number of aromatic nitrogens is 1. The lowest BCUT2D eigenvalue weighted by atomic mass is 10.1. The number of aromatic amines is 1. The summed E-state index contributed by atoms with van der Waals surface area (Å²) in [4.78, 5) is 14.7. The summed E-state index contributed by atoms with van der Waals surface area (Å²) in [6.07, 6.45) is 0. The van der Waals surface area contributed by atoms with Gasteiger partial charge in [0.25, 0.3) is 5.56 Å². The number of rotatable bonds is 4. The van der Waals surface area contributed by atoms with Crippen LogP contribution < -0.4 is 16.2 Å². The molecule has 0 fully saturated rings. The molecule has 0 radical (unpaired) electrons. The third kappa shape index (κ3) is 4.39. The van der Waals surface area contributed by atoms with Crippen molar-refractivity contribution in [2.45, 2.75) is 26.9 Å². The zero-order valence-electron chi connectivity index (χ0n) is 12.5. The Morgan fingerprint density at radius 2 is 1.82 bits per heavy atom. The first kappa shape index (κ1) is 16.2. The van der Waals surface area contributed by atoms with Crippen LogP contribution in [0.1, 0.15) is 22.4 Å². The second kappa shape index (κ2) is 7.17. The standard InChI is InChI=1S/C16H18FN3OS/c1-10-7-11(2)20-15(21)14(10)9-19-16(22)18-8-12-3-5-13(17)6-4-12/h3-7H,8-9H2,1-2H3,(H,20,21)(H2,18,19,22). The molecule has 0 spiro atoms. The zero-order valence-corrected chi connectivity index (χ0v) is 13.3. The molecule has 0 saturated carbocycles. The third-order valence-corrected chi connectivity index (χ3v) is 3.57. The second-order valence-electron chi connectivity index (χ2n) is 5.11. The number of nitrogens with one attached hydrogen (secondary N) is 3. The van der Waals surface area contributed by atoms with Crippen molar-refractivity contribution >= 4 is 17.3 Å². The van der Waals surface area contributed by atoms with Crippen LogP contribution >= 0.6 is 12.2 Å². The fourth-order valence-corrected chi connectivity index (χ4v) is 2.26. The van der Waals surface area contributed by atoms with E-state index in [1.54, 1.807) is 12.1 Å². The van der Waals surface area contributed by atoms with E-state index in [0.29, 0.717) is 23.8 Å². The minimum absolute atomic E-state index is 0.105. The fraction of sp³-hybridized carbons (Fsp3) is 0.250. The minimum atomic E-state index is -0.265. The Balaban J connectivity index is 1.88. The molecule has 0 saturated heterocycles. The first-order chi connectivity index (χ1) is 10.5. The summed E-state index contributed by atoms with van der Waals surface area (Å²) < 4.78 is 12.8. The van der Waals surface area contributed by atoms with Crippen molar-refractivity contribution in [3.63, 3.8) is 0 Å². The number of benzene rings is 1. The van der Waals surface area contributed by atoms with Crippen LogP contribution in [0.4, 0.5) is 4.39 Å². The molecule has 22 heavy (non-hydrogen) atoms. The Hall–Kier alpha value is -2.21. The Morgan fingerprint density at radius 1 is 1.18 bits per heavy atom. The Kier molecular flexibility index (Phi) is 5.27. The lowest BCUT2D eigenvalue weighted by Crippen LogP contribution is -2.36. The first-order valence-electron chi connectivity index (χ1n) is 6.91. The molecule has 4 nitrogen and oxygen atoms in total. The van der Waals surface area contributed by atoms with Gasteiger partial charge in [-0.1, -0.05) is 12.1 Å². The summed E-state index contributed by atoms with van der Waals surface area (Å²) >= 11 is 5.18.